The minimum Gasteiger partial charge on any atom is -0.457 e. The fourth-order valence-corrected chi connectivity index (χ4v) is 4.14. The highest BCUT2D eigenvalue weighted by atomic mass is 16.5. The number of anilines is 1. The van der Waals surface area contributed by atoms with Crippen molar-refractivity contribution in [3.8, 4) is 34.6 Å². The van der Waals surface area contributed by atoms with Crippen LogP contribution in [0.2, 0.25) is 0 Å². The number of carbonyl (C=O) groups excluding carboxylic acids is 1. The summed E-state index contributed by atoms with van der Waals surface area (Å²) >= 11 is 0. The maximum atomic E-state index is 11.7. The van der Waals surface area contributed by atoms with Crippen molar-refractivity contribution in [1.29, 1.82) is 0 Å². The van der Waals surface area contributed by atoms with Crippen LogP contribution in [-0.4, -0.2) is 26.7 Å². The molecule has 33 heavy (non-hydrogen) atoms. The van der Waals surface area contributed by atoms with E-state index in [9.17, 15) is 4.79 Å². The van der Waals surface area contributed by atoms with Gasteiger partial charge in [0.05, 0.1) is 16.9 Å². The molecule has 0 aliphatic heterocycles. The Morgan fingerprint density at radius 1 is 1.09 bits per heavy atom. The summed E-state index contributed by atoms with van der Waals surface area (Å²) in [5.41, 5.74) is 8.92. The number of amides is 1. The second-order valence-corrected chi connectivity index (χ2v) is 7.99. The third-order valence-electron chi connectivity index (χ3n) is 5.79. The van der Waals surface area contributed by atoms with Crippen molar-refractivity contribution in [3.05, 3.63) is 66.9 Å². The summed E-state index contributed by atoms with van der Waals surface area (Å²) < 4.78 is 7.91. The van der Waals surface area contributed by atoms with Gasteiger partial charge in [0, 0.05) is 17.8 Å². The molecule has 0 unspecified atom stereocenters. The maximum Gasteiger partial charge on any atom is 0.296 e. The van der Waals surface area contributed by atoms with Crippen molar-refractivity contribution in [2.24, 2.45) is 0 Å². The first-order valence-electron chi connectivity index (χ1n) is 10.8. The number of rotatable bonds is 5. The van der Waals surface area contributed by atoms with Crippen LogP contribution in [-0.2, 0) is 4.79 Å². The van der Waals surface area contributed by atoms with Crippen molar-refractivity contribution in [1.82, 2.24) is 20.1 Å². The molecular formula is C26H23N5O2. The van der Waals surface area contributed by atoms with E-state index in [0.717, 1.165) is 46.5 Å². The van der Waals surface area contributed by atoms with Crippen LogP contribution in [0.15, 0.2) is 66.9 Å². The lowest BCUT2D eigenvalue weighted by Gasteiger charge is -2.35. The van der Waals surface area contributed by atoms with Gasteiger partial charge in [-0.1, -0.05) is 24.1 Å². The molecule has 1 aliphatic carbocycles. The lowest BCUT2D eigenvalue weighted by Crippen LogP contribution is -2.44. The van der Waals surface area contributed by atoms with Crippen LogP contribution in [0, 0.1) is 11.8 Å². The van der Waals surface area contributed by atoms with Crippen molar-refractivity contribution in [2.45, 2.75) is 31.8 Å². The molecule has 0 bridgehead atoms. The molecule has 7 heteroatoms. The summed E-state index contributed by atoms with van der Waals surface area (Å²) in [7, 11) is 0. The van der Waals surface area contributed by atoms with E-state index in [2.05, 4.69) is 22.1 Å². The molecule has 1 fully saturated rings. The van der Waals surface area contributed by atoms with Gasteiger partial charge >= 0.3 is 0 Å². The van der Waals surface area contributed by atoms with Crippen molar-refractivity contribution < 1.29 is 9.53 Å². The quantitative estimate of drug-likeness (QED) is 0.454. The first-order chi connectivity index (χ1) is 16.1. The lowest BCUT2D eigenvalue weighted by molar-refractivity contribution is -0.117. The number of hydrogen-bond donors (Lipinski definition) is 2. The Bertz CT molecular complexity index is 1360. The summed E-state index contributed by atoms with van der Waals surface area (Å²) in [4.78, 5) is 16.0. The van der Waals surface area contributed by atoms with Crippen molar-refractivity contribution in [3.63, 3.8) is 0 Å². The lowest BCUT2D eigenvalue weighted by atomic mass is 9.86. The van der Waals surface area contributed by atoms with E-state index in [0.29, 0.717) is 5.82 Å². The summed E-state index contributed by atoms with van der Waals surface area (Å²) in [6.45, 7) is 1.65. The van der Waals surface area contributed by atoms with E-state index in [1.165, 1.54) is 0 Å². The molecule has 2 heterocycles. The van der Waals surface area contributed by atoms with Gasteiger partial charge in [-0.15, -0.1) is 0 Å². The van der Waals surface area contributed by atoms with Gasteiger partial charge in [-0.05, 0) is 68.2 Å². The summed E-state index contributed by atoms with van der Waals surface area (Å²) in [6.07, 6.45) is 3.28. The van der Waals surface area contributed by atoms with E-state index in [-0.39, 0.29) is 18.0 Å². The zero-order valence-electron chi connectivity index (χ0n) is 18.2. The Morgan fingerprint density at radius 3 is 2.55 bits per heavy atom. The molecule has 3 N–H and O–H groups in total. The van der Waals surface area contributed by atoms with Gasteiger partial charge in [-0.3, -0.25) is 9.48 Å². The smallest absolute Gasteiger partial charge is 0.296 e. The molecule has 164 valence electrons. The normalized spacial score (nSPS) is 17.0. The summed E-state index contributed by atoms with van der Waals surface area (Å²) in [5, 5.41) is 8.69. The van der Waals surface area contributed by atoms with Gasteiger partial charge in [-0.2, -0.15) is 5.10 Å². The first kappa shape index (κ1) is 20.6. The average molecular weight is 438 g/mol. The Kier molecular flexibility index (Phi) is 5.41. The topological polar surface area (TPSA) is 95.1 Å². The summed E-state index contributed by atoms with van der Waals surface area (Å²) in [5.74, 6) is 6.88. The third-order valence-corrected chi connectivity index (χ3v) is 5.79. The van der Waals surface area contributed by atoms with E-state index in [4.69, 9.17) is 15.6 Å². The second-order valence-electron chi connectivity index (χ2n) is 7.99. The van der Waals surface area contributed by atoms with E-state index in [1.54, 1.807) is 13.1 Å². The highest BCUT2D eigenvalue weighted by molar-refractivity contribution is 6.00. The number of ether oxygens (including phenoxy) is 1. The molecule has 2 aromatic carbocycles. The second kappa shape index (κ2) is 8.67. The number of fused-ring (bicyclic) bond motifs is 1. The molecule has 1 saturated carbocycles. The number of aromatic nitrogens is 3. The van der Waals surface area contributed by atoms with Crippen LogP contribution >= 0.6 is 0 Å². The molecule has 0 atom stereocenters. The molecule has 2 aromatic heterocycles. The van der Waals surface area contributed by atoms with Gasteiger partial charge in [-0.25, -0.2) is 4.98 Å². The number of benzene rings is 2. The molecule has 0 saturated heterocycles. The average Bonchev–Trinajstić information content (AvgIpc) is 3.18. The summed E-state index contributed by atoms with van der Waals surface area (Å²) in [6, 6.07) is 19.6. The number of nitrogens with two attached hydrogens (primary N) is 1. The number of para-hydroxylation sites is 1. The van der Waals surface area contributed by atoms with Gasteiger partial charge in [0.15, 0.2) is 0 Å². The van der Waals surface area contributed by atoms with Crippen LogP contribution in [0.4, 0.5) is 5.82 Å². The number of nitrogen functional groups attached to an aromatic ring is 1. The largest absolute Gasteiger partial charge is 0.457 e. The highest BCUT2D eigenvalue weighted by Crippen LogP contribution is 2.39. The van der Waals surface area contributed by atoms with Crippen LogP contribution in [0.5, 0.6) is 11.5 Å². The fraction of sp³-hybridized carbons (Fsp3) is 0.192. The van der Waals surface area contributed by atoms with Crippen LogP contribution < -0.4 is 15.8 Å². The zero-order chi connectivity index (χ0) is 22.8. The standard InChI is InChI=1S/C26H23N5O2/c1-2-6-23(32)29-18-15-19(16-18)31-22-13-14-28-26(27)24(22)25(30-31)17-9-11-21(12-10-17)33-20-7-4-3-5-8-20/h3-5,7-14,18-19H,15-16H2,1H3,(H2,27,28)(H,29,32)/t18-,19+. The number of nitrogens with one attached hydrogen (secondary N) is 1. The fourth-order valence-electron chi connectivity index (χ4n) is 4.14. The van der Waals surface area contributed by atoms with Gasteiger partial charge in [0.1, 0.15) is 23.0 Å². The molecule has 1 amide bonds. The van der Waals surface area contributed by atoms with E-state index < -0.39 is 0 Å². The SMILES string of the molecule is CC#CC(=O)N[C@H]1C[C@@H](n2nc(-c3ccc(Oc4ccccc4)cc3)c3c(N)nccc32)C1. The Hall–Kier alpha value is -4.31. The Morgan fingerprint density at radius 2 is 1.82 bits per heavy atom. The van der Waals surface area contributed by atoms with Crippen LogP contribution in [0.25, 0.3) is 22.2 Å². The predicted octanol–water partition coefficient (Wildman–Crippen LogP) is 4.32. The minimum absolute atomic E-state index is 0.0969. The zero-order valence-corrected chi connectivity index (χ0v) is 18.2. The molecule has 5 rings (SSSR count). The van der Waals surface area contributed by atoms with Crippen LogP contribution in [0.1, 0.15) is 25.8 Å². The highest BCUT2D eigenvalue weighted by Gasteiger charge is 2.34. The van der Waals surface area contributed by atoms with Gasteiger partial charge in [0.2, 0.25) is 0 Å². The number of nitrogens with zero attached hydrogens (tertiary/aromatic N) is 3. The van der Waals surface area contributed by atoms with Crippen molar-refractivity contribution in [2.75, 3.05) is 5.73 Å². The molecular weight excluding hydrogens is 414 g/mol. The van der Waals surface area contributed by atoms with Crippen molar-refractivity contribution >= 4 is 22.6 Å². The van der Waals surface area contributed by atoms with Gasteiger partial charge < -0.3 is 15.8 Å². The minimum atomic E-state index is -0.238. The number of hydrogen-bond acceptors (Lipinski definition) is 5. The molecule has 0 spiro atoms. The third kappa shape index (κ3) is 4.11. The first-order valence-corrected chi connectivity index (χ1v) is 10.8. The molecule has 7 nitrogen and oxygen atoms in total. The van der Waals surface area contributed by atoms with E-state index in [1.807, 2.05) is 65.3 Å². The Balaban J connectivity index is 1.41. The van der Waals surface area contributed by atoms with E-state index >= 15 is 0 Å². The predicted molar refractivity (Wildman–Crippen MR) is 128 cm³/mol. The number of pyridine rings is 1. The number of carbonyl (C=O) groups is 1. The molecule has 4 aromatic rings. The Labute approximate surface area is 191 Å². The van der Waals surface area contributed by atoms with Crippen LogP contribution in [0.3, 0.4) is 0 Å². The monoisotopic (exact) mass is 437 g/mol. The maximum absolute atomic E-state index is 11.7. The molecule has 0 radical (unpaired) electrons. The van der Waals surface area contributed by atoms with Gasteiger partial charge in [0.25, 0.3) is 5.91 Å². The molecule has 1 aliphatic rings.